The maximum Gasteiger partial charge on any atom is 0.329 e. The van der Waals surface area contributed by atoms with Crippen molar-refractivity contribution < 1.29 is 14.7 Å². The standard InChI is InChI=1S/C14H21N3O3/c1-3-14(4-2,12(18)19)17-13(20)16-10-7-11-5-8-15-9-6-11/h5-6,8-9H,3-4,7,10H2,1-2H3,(H,18,19)(H2,16,17,20). The van der Waals surface area contributed by atoms with E-state index < -0.39 is 17.5 Å². The number of pyridine rings is 1. The smallest absolute Gasteiger partial charge is 0.329 e. The highest BCUT2D eigenvalue weighted by molar-refractivity contribution is 5.86. The zero-order valence-electron chi connectivity index (χ0n) is 11.8. The summed E-state index contributed by atoms with van der Waals surface area (Å²) in [6, 6.07) is 3.29. The summed E-state index contributed by atoms with van der Waals surface area (Å²) in [4.78, 5) is 27.0. The fraction of sp³-hybridized carbons (Fsp3) is 0.500. The number of hydrogen-bond acceptors (Lipinski definition) is 3. The second kappa shape index (κ2) is 7.47. The van der Waals surface area contributed by atoms with Crippen LogP contribution < -0.4 is 10.6 Å². The van der Waals surface area contributed by atoms with E-state index >= 15 is 0 Å². The van der Waals surface area contributed by atoms with E-state index in [0.717, 1.165) is 5.56 Å². The van der Waals surface area contributed by atoms with Crippen LogP contribution in [0.25, 0.3) is 0 Å². The molecule has 0 aromatic carbocycles. The van der Waals surface area contributed by atoms with Crippen molar-refractivity contribution in [3.05, 3.63) is 30.1 Å². The first-order chi connectivity index (χ1) is 9.54. The van der Waals surface area contributed by atoms with Gasteiger partial charge in [-0.1, -0.05) is 13.8 Å². The molecule has 0 atom stereocenters. The molecule has 0 fully saturated rings. The number of hydrogen-bond donors (Lipinski definition) is 3. The first kappa shape index (κ1) is 15.9. The Bertz CT molecular complexity index is 444. The molecule has 1 heterocycles. The van der Waals surface area contributed by atoms with Crippen LogP contribution in [0.15, 0.2) is 24.5 Å². The lowest BCUT2D eigenvalue weighted by Gasteiger charge is -2.28. The van der Waals surface area contributed by atoms with Gasteiger partial charge in [0, 0.05) is 18.9 Å². The highest BCUT2D eigenvalue weighted by Gasteiger charge is 2.36. The number of amides is 2. The maximum absolute atomic E-state index is 11.8. The molecule has 20 heavy (non-hydrogen) atoms. The molecule has 0 spiro atoms. The van der Waals surface area contributed by atoms with E-state index in [1.54, 1.807) is 26.2 Å². The van der Waals surface area contributed by atoms with E-state index in [2.05, 4.69) is 15.6 Å². The second-order valence-electron chi connectivity index (χ2n) is 4.58. The molecule has 2 amide bonds. The van der Waals surface area contributed by atoms with Crippen LogP contribution in [0.3, 0.4) is 0 Å². The molecule has 3 N–H and O–H groups in total. The average molecular weight is 279 g/mol. The molecule has 0 bridgehead atoms. The first-order valence-corrected chi connectivity index (χ1v) is 6.72. The minimum atomic E-state index is -1.19. The minimum Gasteiger partial charge on any atom is -0.480 e. The Balaban J connectivity index is 2.45. The topological polar surface area (TPSA) is 91.3 Å². The van der Waals surface area contributed by atoms with Crippen LogP contribution in [0.1, 0.15) is 32.3 Å². The van der Waals surface area contributed by atoms with Crippen LogP contribution in [-0.4, -0.2) is 34.2 Å². The van der Waals surface area contributed by atoms with E-state index in [0.29, 0.717) is 25.8 Å². The summed E-state index contributed by atoms with van der Waals surface area (Å²) in [5, 5.41) is 14.5. The van der Waals surface area contributed by atoms with Crippen molar-refractivity contribution in [3.63, 3.8) is 0 Å². The molecular formula is C14H21N3O3. The molecule has 6 heteroatoms. The summed E-state index contributed by atoms with van der Waals surface area (Å²) < 4.78 is 0. The Morgan fingerprint density at radius 2 is 1.85 bits per heavy atom. The number of carboxylic acid groups (broad SMARTS) is 1. The van der Waals surface area contributed by atoms with Gasteiger partial charge in [-0.3, -0.25) is 4.98 Å². The average Bonchev–Trinajstić information content (AvgIpc) is 2.45. The number of aromatic nitrogens is 1. The number of carbonyl (C=O) groups excluding carboxylic acids is 1. The van der Waals surface area contributed by atoms with Crippen molar-refractivity contribution in [1.82, 2.24) is 15.6 Å². The van der Waals surface area contributed by atoms with Crippen LogP contribution in [0.4, 0.5) is 4.79 Å². The van der Waals surface area contributed by atoms with Gasteiger partial charge < -0.3 is 15.7 Å². The number of nitrogens with one attached hydrogen (secondary N) is 2. The third-order valence-corrected chi connectivity index (χ3v) is 3.42. The summed E-state index contributed by atoms with van der Waals surface area (Å²) >= 11 is 0. The molecule has 0 unspecified atom stereocenters. The predicted octanol–water partition coefficient (Wildman–Crippen LogP) is 1.57. The second-order valence-corrected chi connectivity index (χ2v) is 4.58. The molecule has 1 aromatic rings. The fourth-order valence-electron chi connectivity index (χ4n) is 1.91. The summed E-state index contributed by atoms with van der Waals surface area (Å²) in [6.45, 7) is 3.93. The third-order valence-electron chi connectivity index (χ3n) is 3.42. The van der Waals surface area contributed by atoms with Crippen LogP contribution in [0, 0.1) is 0 Å². The SMILES string of the molecule is CCC(CC)(NC(=O)NCCc1ccncc1)C(=O)O. The van der Waals surface area contributed by atoms with Crippen molar-refractivity contribution in [2.75, 3.05) is 6.54 Å². The number of aliphatic carboxylic acids is 1. The van der Waals surface area contributed by atoms with E-state index in [1.807, 2.05) is 12.1 Å². The molecule has 0 aliphatic carbocycles. The Morgan fingerprint density at radius 1 is 1.25 bits per heavy atom. The van der Waals surface area contributed by atoms with Crippen LogP contribution in [0.5, 0.6) is 0 Å². The number of urea groups is 1. The van der Waals surface area contributed by atoms with Gasteiger partial charge in [-0.15, -0.1) is 0 Å². The lowest BCUT2D eigenvalue weighted by molar-refractivity contribution is -0.144. The van der Waals surface area contributed by atoms with Gasteiger partial charge in [0.1, 0.15) is 5.54 Å². The number of rotatable bonds is 7. The van der Waals surface area contributed by atoms with Crippen molar-refractivity contribution in [2.45, 2.75) is 38.6 Å². The highest BCUT2D eigenvalue weighted by Crippen LogP contribution is 2.15. The summed E-state index contributed by atoms with van der Waals surface area (Å²) in [5.74, 6) is -1.01. The van der Waals surface area contributed by atoms with E-state index in [9.17, 15) is 14.7 Å². The summed E-state index contributed by atoms with van der Waals surface area (Å²) in [5.41, 5.74) is -0.128. The zero-order chi connectivity index (χ0) is 15.0. The molecule has 0 radical (unpaired) electrons. The molecule has 110 valence electrons. The molecule has 0 aliphatic heterocycles. The largest absolute Gasteiger partial charge is 0.480 e. The molecule has 0 saturated carbocycles. The Morgan fingerprint density at radius 3 is 2.35 bits per heavy atom. The fourth-order valence-corrected chi connectivity index (χ4v) is 1.91. The molecule has 1 rings (SSSR count). The summed E-state index contributed by atoms with van der Waals surface area (Å²) in [7, 11) is 0. The maximum atomic E-state index is 11.8. The van der Waals surface area contributed by atoms with Gasteiger partial charge in [0.25, 0.3) is 0 Å². The minimum absolute atomic E-state index is 0.344. The van der Waals surface area contributed by atoms with Gasteiger partial charge in [0.05, 0.1) is 0 Å². The Kier molecular flexibility index (Phi) is 5.96. The molecule has 1 aromatic heterocycles. The van der Waals surface area contributed by atoms with E-state index in [4.69, 9.17) is 0 Å². The zero-order valence-corrected chi connectivity index (χ0v) is 11.8. The van der Waals surface area contributed by atoms with Gasteiger partial charge >= 0.3 is 12.0 Å². The van der Waals surface area contributed by atoms with Gasteiger partial charge in [0.15, 0.2) is 0 Å². The van der Waals surface area contributed by atoms with E-state index in [1.165, 1.54) is 0 Å². The van der Waals surface area contributed by atoms with Gasteiger partial charge in [-0.2, -0.15) is 0 Å². The third kappa shape index (κ3) is 4.22. The lowest BCUT2D eigenvalue weighted by atomic mass is 9.93. The van der Waals surface area contributed by atoms with Gasteiger partial charge in [-0.05, 0) is 37.0 Å². The van der Waals surface area contributed by atoms with Crippen molar-refractivity contribution >= 4 is 12.0 Å². The Labute approximate surface area is 118 Å². The van der Waals surface area contributed by atoms with Crippen molar-refractivity contribution in [3.8, 4) is 0 Å². The highest BCUT2D eigenvalue weighted by atomic mass is 16.4. The van der Waals surface area contributed by atoms with E-state index in [-0.39, 0.29) is 0 Å². The number of carbonyl (C=O) groups is 2. The van der Waals surface area contributed by atoms with Crippen LogP contribution >= 0.6 is 0 Å². The normalized spacial score (nSPS) is 10.9. The van der Waals surface area contributed by atoms with Gasteiger partial charge in [0.2, 0.25) is 0 Å². The molecule has 0 aliphatic rings. The van der Waals surface area contributed by atoms with Gasteiger partial charge in [-0.25, -0.2) is 9.59 Å². The lowest BCUT2D eigenvalue weighted by Crippen LogP contribution is -2.56. The van der Waals surface area contributed by atoms with Crippen molar-refractivity contribution in [2.24, 2.45) is 0 Å². The van der Waals surface area contributed by atoms with Crippen LogP contribution in [-0.2, 0) is 11.2 Å². The quantitative estimate of drug-likeness (QED) is 0.706. The monoisotopic (exact) mass is 279 g/mol. The van der Waals surface area contributed by atoms with Crippen LogP contribution in [0.2, 0.25) is 0 Å². The predicted molar refractivity (Wildman–Crippen MR) is 75.4 cm³/mol. The molecule has 0 saturated heterocycles. The first-order valence-electron chi connectivity index (χ1n) is 6.72. The number of carboxylic acids is 1. The molecular weight excluding hydrogens is 258 g/mol. The number of nitrogens with zero attached hydrogens (tertiary/aromatic N) is 1. The van der Waals surface area contributed by atoms with Crippen molar-refractivity contribution in [1.29, 1.82) is 0 Å². The molecule has 6 nitrogen and oxygen atoms in total. The Hall–Kier alpha value is -2.11. The summed E-state index contributed by atoms with van der Waals surface area (Å²) in [6.07, 6.45) is 4.75.